The average molecular weight is 310 g/mol. The first-order valence-electron chi connectivity index (χ1n) is 5.68. The number of aromatic nitrogens is 2. The van der Waals surface area contributed by atoms with Gasteiger partial charge in [0.1, 0.15) is 22.2 Å². The third-order valence-corrected chi connectivity index (χ3v) is 3.70. The monoisotopic (exact) mass is 309 g/mol. The van der Waals surface area contributed by atoms with Crippen LogP contribution in [0.25, 0.3) is 10.2 Å². The van der Waals surface area contributed by atoms with E-state index < -0.39 is 5.82 Å². The number of fused-ring (bicyclic) bond motifs is 1. The molecule has 0 bridgehead atoms. The van der Waals surface area contributed by atoms with Gasteiger partial charge in [0.2, 0.25) is 5.28 Å². The number of hydrogen-bond donors (Lipinski definition) is 1. The van der Waals surface area contributed by atoms with Crippen LogP contribution in [-0.4, -0.2) is 17.1 Å². The Morgan fingerprint density at radius 2 is 2.15 bits per heavy atom. The van der Waals surface area contributed by atoms with E-state index in [1.165, 1.54) is 24.5 Å². The number of nitrogens with zero attached hydrogens (tertiary/aromatic N) is 2. The summed E-state index contributed by atoms with van der Waals surface area (Å²) < 4.78 is 18.9. The number of methoxy groups -OCH3 is 1. The van der Waals surface area contributed by atoms with Crippen molar-refractivity contribution < 1.29 is 9.13 Å². The maximum atomic E-state index is 13.8. The van der Waals surface area contributed by atoms with Crippen molar-refractivity contribution in [1.82, 2.24) is 9.97 Å². The zero-order valence-corrected chi connectivity index (χ0v) is 11.9. The molecule has 0 aliphatic heterocycles. The van der Waals surface area contributed by atoms with Crippen LogP contribution in [0.3, 0.4) is 0 Å². The summed E-state index contributed by atoms with van der Waals surface area (Å²) in [4.78, 5) is 8.96. The van der Waals surface area contributed by atoms with Crippen LogP contribution in [0.4, 0.5) is 15.9 Å². The number of rotatable bonds is 3. The van der Waals surface area contributed by atoms with Crippen LogP contribution in [0.15, 0.2) is 29.6 Å². The number of thiophene rings is 1. The molecule has 102 valence electrons. The van der Waals surface area contributed by atoms with Crippen molar-refractivity contribution in [2.75, 3.05) is 12.4 Å². The lowest BCUT2D eigenvalue weighted by Crippen LogP contribution is -1.98. The van der Waals surface area contributed by atoms with Crippen molar-refractivity contribution in [1.29, 1.82) is 0 Å². The van der Waals surface area contributed by atoms with E-state index in [4.69, 9.17) is 16.3 Å². The summed E-state index contributed by atoms with van der Waals surface area (Å²) in [6, 6.07) is 6.29. The standard InChI is InChI=1S/C13H9ClFN3OS/c1-19-7-2-3-9(15)10(6-7)16-11-8-4-5-20-12(8)18-13(14)17-11/h2-6H,1H3,(H,16,17,18). The molecule has 1 aromatic carbocycles. The fraction of sp³-hybridized carbons (Fsp3) is 0.0769. The molecule has 3 aromatic rings. The Hall–Kier alpha value is -1.92. The van der Waals surface area contributed by atoms with Gasteiger partial charge in [0.05, 0.1) is 18.2 Å². The minimum atomic E-state index is -0.399. The Labute approximate surface area is 123 Å². The molecule has 0 saturated carbocycles. The van der Waals surface area contributed by atoms with Gasteiger partial charge in [-0.15, -0.1) is 11.3 Å². The first-order valence-corrected chi connectivity index (χ1v) is 6.94. The van der Waals surface area contributed by atoms with E-state index in [0.717, 1.165) is 10.2 Å². The highest BCUT2D eigenvalue weighted by atomic mass is 35.5. The number of anilines is 2. The maximum Gasteiger partial charge on any atom is 0.225 e. The quantitative estimate of drug-likeness (QED) is 0.735. The van der Waals surface area contributed by atoms with Gasteiger partial charge < -0.3 is 10.1 Å². The summed E-state index contributed by atoms with van der Waals surface area (Å²) in [6.07, 6.45) is 0. The molecular formula is C13H9ClFN3OS. The van der Waals surface area contributed by atoms with Gasteiger partial charge in [-0.2, -0.15) is 4.98 Å². The van der Waals surface area contributed by atoms with Gasteiger partial charge in [0.15, 0.2) is 0 Å². The Balaban J connectivity index is 2.07. The van der Waals surface area contributed by atoms with E-state index in [2.05, 4.69) is 15.3 Å². The van der Waals surface area contributed by atoms with Gasteiger partial charge >= 0.3 is 0 Å². The number of benzene rings is 1. The highest BCUT2D eigenvalue weighted by Crippen LogP contribution is 2.30. The summed E-state index contributed by atoms with van der Waals surface area (Å²) in [6.45, 7) is 0. The van der Waals surface area contributed by atoms with E-state index in [9.17, 15) is 4.39 Å². The molecular weight excluding hydrogens is 301 g/mol. The average Bonchev–Trinajstić information content (AvgIpc) is 2.89. The lowest BCUT2D eigenvalue weighted by atomic mass is 10.2. The molecule has 0 spiro atoms. The minimum Gasteiger partial charge on any atom is -0.497 e. The molecule has 0 aliphatic rings. The van der Waals surface area contributed by atoms with Crippen LogP contribution < -0.4 is 10.1 Å². The normalized spacial score (nSPS) is 10.8. The van der Waals surface area contributed by atoms with E-state index in [1.807, 2.05) is 11.4 Å². The van der Waals surface area contributed by atoms with Crippen molar-refractivity contribution in [3.05, 3.63) is 40.7 Å². The molecule has 2 heterocycles. The van der Waals surface area contributed by atoms with Crippen LogP contribution in [0, 0.1) is 5.82 Å². The predicted octanol–water partition coefficient (Wildman–Crippen LogP) is 4.24. The summed E-state index contributed by atoms with van der Waals surface area (Å²) in [5, 5.41) is 5.72. The van der Waals surface area contributed by atoms with Crippen molar-refractivity contribution in [3.8, 4) is 5.75 Å². The molecule has 20 heavy (non-hydrogen) atoms. The van der Waals surface area contributed by atoms with Gasteiger partial charge in [-0.05, 0) is 35.2 Å². The molecule has 2 aromatic heterocycles. The summed E-state index contributed by atoms with van der Waals surface area (Å²) >= 11 is 7.32. The third-order valence-electron chi connectivity index (χ3n) is 2.72. The topological polar surface area (TPSA) is 47.0 Å². The van der Waals surface area contributed by atoms with Crippen LogP contribution in [0.5, 0.6) is 5.75 Å². The molecule has 4 nitrogen and oxygen atoms in total. The van der Waals surface area contributed by atoms with Crippen molar-refractivity contribution in [3.63, 3.8) is 0 Å². The molecule has 0 fully saturated rings. The van der Waals surface area contributed by atoms with Gasteiger partial charge in [0, 0.05) is 6.07 Å². The first-order chi connectivity index (χ1) is 9.67. The Bertz CT molecular complexity index is 777. The number of hydrogen-bond acceptors (Lipinski definition) is 5. The highest BCUT2D eigenvalue weighted by molar-refractivity contribution is 7.16. The van der Waals surface area contributed by atoms with E-state index >= 15 is 0 Å². The Kier molecular flexibility index (Phi) is 3.42. The van der Waals surface area contributed by atoms with Crippen molar-refractivity contribution >= 4 is 44.7 Å². The minimum absolute atomic E-state index is 0.116. The zero-order valence-electron chi connectivity index (χ0n) is 10.4. The molecule has 0 saturated heterocycles. The van der Waals surface area contributed by atoms with Gasteiger partial charge in [-0.25, -0.2) is 9.37 Å². The fourth-order valence-corrected chi connectivity index (χ4v) is 2.76. The van der Waals surface area contributed by atoms with Crippen LogP contribution in [-0.2, 0) is 0 Å². The maximum absolute atomic E-state index is 13.8. The number of halogens is 2. The number of nitrogens with one attached hydrogen (secondary N) is 1. The van der Waals surface area contributed by atoms with Crippen molar-refractivity contribution in [2.24, 2.45) is 0 Å². The van der Waals surface area contributed by atoms with Gasteiger partial charge in [-0.1, -0.05) is 0 Å². The lowest BCUT2D eigenvalue weighted by molar-refractivity contribution is 0.414. The van der Waals surface area contributed by atoms with E-state index in [-0.39, 0.29) is 11.0 Å². The molecule has 0 amide bonds. The number of ether oxygens (including phenoxy) is 1. The molecule has 1 N–H and O–H groups in total. The Morgan fingerprint density at radius 3 is 2.95 bits per heavy atom. The summed E-state index contributed by atoms with van der Waals surface area (Å²) in [5.74, 6) is 0.618. The van der Waals surface area contributed by atoms with Crippen LogP contribution in [0.1, 0.15) is 0 Å². The summed E-state index contributed by atoms with van der Waals surface area (Å²) in [7, 11) is 1.52. The second kappa shape index (κ2) is 5.22. The largest absolute Gasteiger partial charge is 0.497 e. The second-order valence-electron chi connectivity index (χ2n) is 3.95. The van der Waals surface area contributed by atoms with E-state index in [1.54, 1.807) is 12.1 Å². The highest BCUT2D eigenvalue weighted by Gasteiger charge is 2.11. The predicted molar refractivity (Wildman–Crippen MR) is 78.7 cm³/mol. The molecule has 0 aliphatic carbocycles. The first kappa shape index (κ1) is 13.1. The Morgan fingerprint density at radius 1 is 1.30 bits per heavy atom. The zero-order chi connectivity index (χ0) is 14.1. The smallest absolute Gasteiger partial charge is 0.225 e. The molecule has 0 unspecified atom stereocenters. The SMILES string of the molecule is COc1ccc(F)c(Nc2nc(Cl)nc3sccc23)c1. The fourth-order valence-electron chi connectivity index (χ4n) is 1.78. The molecule has 7 heteroatoms. The third kappa shape index (κ3) is 2.39. The molecule has 0 atom stereocenters. The molecule has 3 rings (SSSR count). The van der Waals surface area contributed by atoms with Crippen LogP contribution >= 0.6 is 22.9 Å². The van der Waals surface area contributed by atoms with Gasteiger partial charge in [-0.3, -0.25) is 0 Å². The lowest BCUT2D eigenvalue weighted by Gasteiger charge is -2.09. The van der Waals surface area contributed by atoms with Crippen molar-refractivity contribution in [2.45, 2.75) is 0 Å². The second-order valence-corrected chi connectivity index (χ2v) is 5.18. The van der Waals surface area contributed by atoms with Crippen LogP contribution in [0.2, 0.25) is 5.28 Å². The van der Waals surface area contributed by atoms with Gasteiger partial charge in [0.25, 0.3) is 0 Å². The molecule has 0 radical (unpaired) electrons. The summed E-state index contributed by atoms with van der Waals surface area (Å²) in [5.41, 5.74) is 0.270. The van der Waals surface area contributed by atoms with E-state index in [0.29, 0.717) is 11.6 Å².